The molecule has 0 aromatic carbocycles. The van der Waals surface area contributed by atoms with E-state index in [1.165, 1.54) is 19.3 Å². The van der Waals surface area contributed by atoms with E-state index >= 15 is 0 Å². The summed E-state index contributed by atoms with van der Waals surface area (Å²) in [6, 6.07) is 0. The molecule has 1 unspecified atom stereocenters. The highest BCUT2D eigenvalue weighted by Gasteiger charge is 2.31. The van der Waals surface area contributed by atoms with Crippen LogP contribution in [0.1, 0.15) is 33.1 Å². The topological polar surface area (TPSA) is 18.5 Å². The van der Waals surface area contributed by atoms with Crippen molar-refractivity contribution in [3.63, 3.8) is 0 Å². The van der Waals surface area contributed by atoms with Crippen LogP contribution >= 0.6 is 0 Å². The molecule has 0 bridgehead atoms. The first-order valence-electron chi connectivity index (χ1n) is 4.42. The molecule has 11 heavy (non-hydrogen) atoms. The molecule has 3 heteroatoms. The Labute approximate surface area is 70.7 Å². The first kappa shape index (κ1) is 9.23. The van der Waals surface area contributed by atoms with Crippen LogP contribution in [0.5, 0.6) is 0 Å². The van der Waals surface area contributed by atoms with Crippen molar-refractivity contribution >= 4 is 9.28 Å². The third kappa shape index (κ3) is 2.58. The highest BCUT2D eigenvalue weighted by atomic mass is 28.3. The minimum atomic E-state index is -1.28. The zero-order valence-corrected chi connectivity index (χ0v) is 8.82. The van der Waals surface area contributed by atoms with Crippen molar-refractivity contribution in [3.8, 4) is 0 Å². The molecule has 2 nitrogen and oxygen atoms in total. The van der Waals surface area contributed by atoms with Gasteiger partial charge in [0, 0.05) is 13.2 Å². The molecule has 1 saturated carbocycles. The van der Waals surface area contributed by atoms with Gasteiger partial charge in [-0.05, 0) is 32.2 Å². The van der Waals surface area contributed by atoms with Crippen molar-refractivity contribution in [3.05, 3.63) is 0 Å². The Hall–Kier alpha value is 0.137. The molecule has 1 atom stereocenters. The van der Waals surface area contributed by atoms with E-state index in [0.29, 0.717) is 6.10 Å². The fourth-order valence-electron chi connectivity index (χ4n) is 1.34. The molecule has 66 valence electrons. The lowest BCUT2D eigenvalue weighted by atomic mass is 10.00. The molecule has 0 heterocycles. The average Bonchev–Trinajstić information content (AvgIpc) is 1.81. The number of hydrogen-bond acceptors (Lipinski definition) is 2. The lowest BCUT2D eigenvalue weighted by Gasteiger charge is -2.31. The molecule has 0 spiro atoms. The van der Waals surface area contributed by atoms with Gasteiger partial charge in [-0.15, -0.1) is 0 Å². The molecular formula is C8H18O2Si. The summed E-state index contributed by atoms with van der Waals surface area (Å²) in [7, 11) is 0.511. The van der Waals surface area contributed by atoms with E-state index in [-0.39, 0.29) is 0 Å². The second-order valence-electron chi connectivity index (χ2n) is 3.48. The molecule has 0 aromatic rings. The van der Waals surface area contributed by atoms with Crippen LogP contribution < -0.4 is 0 Å². The highest BCUT2D eigenvalue weighted by molar-refractivity contribution is 6.46. The van der Waals surface area contributed by atoms with E-state index in [9.17, 15) is 0 Å². The Morgan fingerprint density at radius 1 is 1.36 bits per heavy atom. The normalized spacial score (nSPS) is 21.8. The standard InChI is InChI=1S/C8H18O2Si/c1-7(2)10-11(9-3)8-5-4-6-8/h7-8,11H,4-6H2,1-3H3. The average molecular weight is 174 g/mol. The Bertz CT molecular complexity index is 113. The Kier molecular flexibility index (Phi) is 3.55. The van der Waals surface area contributed by atoms with Crippen molar-refractivity contribution in [2.45, 2.75) is 44.8 Å². The summed E-state index contributed by atoms with van der Waals surface area (Å²) < 4.78 is 11.1. The Morgan fingerprint density at radius 2 is 2.00 bits per heavy atom. The summed E-state index contributed by atoms with van der Waals surface area (Å²) in [5, 5.41) is 0. The predicted molar refractivity (Wildman–Crippen MR) is 48.0 cm³/mol. The maximum absolute atomic E-state index is 5.72. The minimum absolute atomic E-state index is 0.340. The zero-order valence-electron chi connectivity index (χ0n) is 7.67. The van der Waals surface area contributed by atoms with Crippen LogP contribution in [0.4, 0.5) is 0 Å². The van der Waals surface area contributed by atoms with Gasteiger partial charge in [-0.3, -0.25) is 0 Å². The SMILES string of the molecule is CO[SiH](OC(C)C)C1CCC1. The summed E-state index contributed by atoms with van der Waals surface area (Å²) in [4.78, 5) is 0. The summed E-state index contributed by atoms with van der Waals surface area (Å²) in [5.41, 5.74) is 0.794. The molecule has 1 aliphatic rings. The van der Waals surface area contributed by atoms with Gasteiger partial charge >= 0.3 is 9.28 Å². The third-order valence-electron chi connectivity index (χ3n) is 2.17. The molecule has 0 saturated heterocycles. The van der Waals surface area contributed by atoms with Crippen LogP contribution in [0.15, 0.2) is 0 Å². The fraction of sp³-hybridized carbons (Fsp3) is 1.00. The van der Waals surface area contributed by atoms with E-state index in [4.69, 9.17) is 8.85 Å². The Morgan fingerprint density at radius 3 is 2.27 bits per heavy atom. The molecule has 1 aliphatic carbocycles. The summed E-state index contributed by atoms with van der Waals surface area (Å²) in [5.74, 6) is 0. The van der Waals surface area contributed by atoms with E-state index in [1.54, 1.807) is 7.11 Å². The van der Waals surface area contributed by atoms with Crippen molar-refractivity contribution in [2.75, 3.05) is 7.11 Å². The molecule has 0 aliphatic heterocycles. The largest absolute Gasteiger partial charge is 0.400 e. The molecule has 0 amide bonds. The summed E-state index contributed by atoms with van der Waals surface area (Å²) in [6.45, 7) is 4.16. The molecular weight excluding hydrogens is 156 g/mol. The van der Waals surface area contributed by atoms with Gasteiger partial charge < -0.3 is 8.85 Å². The first-order chi connectivity index (χ1) is 5.24. The van der Waals surface area contributed by atoms with Crippen LogP contribution in [0.3, 0.4) is 0 Å². The van der Waals surface area contributed by atoms with Gasteiger partial charge in [-0.1, -0.05) is 6.42 Å². The lowest BCUT2D eigenvalue weighted by molar-refractivity contribution is 0.160. The third-order valence-corrected chi connectivity index (χ3v) is 4.89. The van der Waals surface area contributed by atoms with Crippen molar-refractivity contribution in [2.24, 2.45) is 0 Å². The maximum atomic E-state index is 5.72. The van der Waals surface area contributed by atoms with Gasteiger partial charge in [0.25, 0.3) is 0 Å². The first-order valence-corrected chi connectivity index (χ1v) is 6.03. The van der Waals surface area contributed by atoms with Gasteiger partial charge in [-0.25, -0.2) is 0 Å². The van der Waals surface area contributed by atoms with Crippen LogP contribution in [0.25, 0.3) is 0 Å². The molecule has 1 rings (SSSR count). The van der Waals surface area contributed by atoms with Crippen molar-refractivity contribution in [1.82, 2.24) is 0 Å². The predicted octanol–water partition coefficient (Wildman–Crippen LogP) is 1.83. The second-order valence-corrected chi connectivity index (χ2v) is 5.90. The monoisotopic (exact) mass is 174 g/mol. The van der Waals surface area contributed by atoms with Crippen LogP contribution in [-0.4, -0.2) is 22.5 Å². The lowest BCUT2D eigenvalue weighted by Crippen LogP contribution is -2.33. The van der Waals surface area contributed by atoms with Gasteiger partial charge in [0.05, 0.1) is 0 Å². The molecule has 1 fully saturated rings. The molecule has 0 aromatic heterocycles. The van der Waals surface area contributed by atoms with Gasteiger partial charge in [0.15, 0.2) is 0 Å². The minimum Gasteiger partial charge on any atom is -0.400 e. The molecule has 0 radical (unpaired) electrons. The fourth-order valence-corrected chi connectivity index (χ4v) is 3.61. The van der Waals surface area contributed by atoms with Crippen LogP contribution in [-0.2, 0) is 8.85 Å². The summed E-state index contributed by atoms with van der Waals surface area (Å²) in [6.07, 6.45) is 4.38. The summed E-state index contributed by atoms with van der Waals surface area (Å²) >= 11 is 0. The second kappa shape index (κ2) is 4.23. The van der Waals surface area contributed by atoms with E-state index < -0.39 is 9.28 Å². The van der Waals surface area contributed by atoms with Gasteiger partial charge in [-0.2, -0.15) is 0 Å². The Balaban J connectivity index is 2.23. The van der Waals surface area contributed by atoms with Crippen LogP contribution in [0, 0.1) is 0 Å². The smallest absolute Gasteiger partial charge is 0.324 e. The zero-order chi connectivity index (χ0) is 8.27. The quantitative estimate of drug-likeness (QED) is 0.605. The van der Waals surface area contributed by atoms with E-state index in [2.05, 4.69) is 13.8 Å². The van der Waals surface area contributed by atoms with E-state index in [0.717, 1.165) is 5.54 Å². The van der Waals surface area contributed by atoms with Crippen molar-refractivity contribution < 1.29 is 8.85 Å². The number of rotatable bonds is 4. The molecule has 0 N–H and O–H groups in total. The van der Waals surface area contributed by atoms with Crippen LogP contribution in [0.2, 0.25) is 5.54 Å². The van der Waals surface area contributed by atoms with Gasteiger partial charge in [0.2, 0.25) is 0 Å². The van der Waals surface area contributed by atoms with E-state index in [1.807, 2.05) is 0 Å². The highest BCUT2D eigenvalue weighted by Crippen LogP contribution is 2.35. The van der Waals surface area contributed by atoms with Gasteiger partial charge in [0.1, 0.15) is 0 Å². The maximum Gasteiger partial charge on any atom is 0.324 e. The number of hydrogen-bond donors (Lipinski definition) is 0. The van der Waals surface area contributed by atoms with Crippen molar-refractivity contribution in [1.29, 1.82) is 0 Å².